The number of aromatic nitrogens is 6. The molecule has 9 nitrogen and oxygen atoms in total. The molecule has 0 spiro atoms. The number of terminal acetylenes is 1. The van der Waals surface area contributed by atoms with Gasteiger partial charge in [0, 0.05) is 49.2 Å². The van der Waals surface area contributed by atoms with Gasteiger partial charge in [-0.25, -0.2) is 5.10 Å². The summed E-state index contributed by atoms with van der Waals surface area (Å²) in [7, 11) is 0. The zero-order valence-electron chi connectivity index (χ0n) is 17.5. The van der Waals surface area contributed by atoms with Gasteiger partial charge >= 0.3 is 0 Å². The molecule has 2 aromatic carbocycles. The largest absolute Gasteiger partial charge is 0.545 e. The molecule has 3 heterocycles. The smallest absolute Gasteiger partial charge is 0.0964 e. The van der Waals surface area contributed by atoms with Crippen LogP contribution in [0.25, 0.3) is 33.2 Å². The average Bonchev–Trinajstić information content (AvgIpc) is 3.48. The van der Waals surface area contributed by atoms with Crippen molar-refractivity contribution in [3.63, 3.8) is 0 Å². The van der Waals surface area contributed by atoms with E-state index < -0.39 is 0 Å². The van der Waals surface area contributed by atoms with Crippen LogP contribution in [0.2, 0.25) is 0 Å². The van der Waals surface area contributed by atoms with Crippen molar-refractivity contribution >= 4 is 42.2 Å². The van der Waals surface area contributed by atoms with Crippen molar-refractivity contribution in [2.75, 3.05) is 0 Å². The second-order valence-electron chi connectivity index (χ2n) is 5.64. The summed E-state index contributed by atoms with van der Waals surface area (Å²) in [5, 5.41) is 16.5. The second-order valence-corrected chi connectivity index (χ2v) is 5.64. The van der Waals surface area contributed by atoms with E-state index >= 15 is 0 Å². The van der Waals surface area contributed by atoms with E-state index in [-0.39, 0.29) is 20.4 Å². The molecule has 10 heteroatoms. The van der Waals surface area contributed by atoms with E-state index in [0.717, 1.165) is 32.9 Å². The Labute approximate surface area is 209 Å². The summed E-state index contributed by atoms with van der Waals surface area (Å²) >= 11 is 0. The van der Waals surface area contributed by atoms with Crippen LogP contribution in [-0.4, -0.2) is 45.7 Å². The molecule has 0 atom stereocenters. The van der Waals surface area contributed by atoms with E-state index in [1.807, 2.05) is 36.4 Å². The Balaban J connectivity index is 0.000000515. The van der Waals surface area contributed by atoms with Crippen LogP contribution >= 0.6 is 0 Å². The van der Waals surface area contributed by atoms with Crippen molar-refractivity contribution in [3.8, 4) is 23.7 Å². The van der Waals surface area contributed by atoms with Crippen molar-refractivity contribution in [3.05, 3.63) is 78.6 Å². The van der Waals surface area contributed by atoms with Crippen molar-refractivity contribution in [2.24, 2.45) is 0 Å². The predicted molar refractivity (Wildman–Crippen MR) is 124 cm³/mol. The third-order valence-corrected chi connectivity index (χ3v) is 3.97. The first-order valence-electron chi connectivity index (χ1n) is 8.90. The molecular formula is C24H16N6O3Re-4. The van der Waals surface area contributed by atoms with Gasteiger partial charge in [0.25, 0.3) is 0 Å². The normalized spacial score (nSPS) is 8.44. The number of benzene rings is 2. The average molecular weight is 623 g/mol. The van der Waals surface area contributed by atoms with Crippen molar-refractivity contribution in [1.29, 1.82) is 0 Å². The van der Waals surface area contributed by atoms with Gasteiger partial charge in [-0.15, -0.1) is 6.42 Å². The number of hydrogen-bond donors (Lipinski definition) is 0. The fourth-order valence-electron chi connectivity index (χ4n) is 2.66. The molecule has 0 saturated heterocycles. The number of nitrogens with zero attached hydrogens (tertiary/aromatic N) is 6. The summed E-state index contributed by atoms with van der Waals surface area (Å²) in [6, 6.07) is 19.5. The Morgan fingerprint density at radius 1 is 0.735 bits per heavy atom. The van der Waals surface area contributed by atoms with Gasteiger partial charge in [0.05, 0.1) is 16.9 Å². The predicted octanol–water partition coefficient (Wildman–Crippen LogP) is 2.44. The van der Waals surface area contributed by atoms with Crippen molar-refractivity contribution in [1.82, 2.24) is 30.6 Å². The number of carbonyl (C=O) groups excluding carboxylic acids is 3. The molecule has 5 rings (SSSR count). The van der Waals surface area contributed by atoms with Crippen LogP contribution in [0.1, 0.15) is 5.56 Å². The van der Waals surface area contributed by atoms with E-state index in [0.29, 0.717) is 5.82 Å². The van der Waals surface area contributed by atoms with E-state index in [1.54, 1.807) is 12.4 Å². The first-order valence-corrected chi connectivity index (χ1v) is 8.90. The standard InChI is InChI=1S/C12H8N2.C9H5N4.3CHO.Re/c1-3-9-5-6-10-4-2-8-14-12(10)11(9)13-7-1;1-2-7-3-5-8(6-4-7)9-10-12-13-11-9;3*1-2;/h1-8H;1,3-6H;3*1H;/q;4*-1;. The third-order valence-electron chi connectivity index (χ3n) is 3.97. The quantitative estimate of drug-likeness (QED) is 0.120. The van der Waals surface area contributed by atoms with E-state index in [4.69, 9.17) is 20.8 Å². The summed E-state index contributed by atoms with van der Waals surface area (Å²) in [4.78, 5) is 31.9. The van der Waals surface area contributed by atoms with Crippen LogP contribution in [0.15, 0.2) is 73.1 Å². The Hall–Kier alpha value is -4.44. The van der Waals surface area contributed by atoms with E-state index in [1.165, 1.54) is 0 Å². The fraction of sp³-hybridized carbons (Fsp3) is 0. The number of rotatable bonds is 1. The molecule has 0 saturated carbocycles. The molecule has 0 N–H and O–H groups in total. The minimum absolute atomic E-state index is 0. The van der Waals surface area contributed by atoms with E-state index in [2.05, 4.69) is 81.1 Å². The van der Waals surface area contributed by atoms with Crippen LogP contribution in [0, 0.1) is 12.3 Å². The zero-order chi connectivity index (χ0) is 24.5. The first kappa shape index (κ1) is 29.6. The number of fused-ring (bicyclic) bond motifs is 3. The molecule has 1 radical (unpaired) electrons. The minimum atomic E-state index is 0. The molecule has 34 heavy (non-hydrogen) atoms. The number of hydrogen-bond acceptors (Lipinski definition) is 8. The number of tetrazole rings is 1. The van der Waals surface area contributed by atoms with Gasteiger partial charge in [-0.05, 0) is 29.8 Å². The molecule has 0 unspecified atom stereocenters. The van der Waals surface area contributed by atoms with Gasteiger partial charge in [0.15, 0.2) is 0 Å². The van der Waals surface area contributed by atoms with Gasteiger partial charge < -0.3 is 19.5 Å². The third kappa shape index (κ3) is 7.92. The summed E-state index contributed by atoms with van der Waals surface area (Å²) in [5.41, 5.74) is 3.65. The SMILES string of the molecule is C#Cc1ccc(-c2nn[n-]n2)cc1.[CH-]=O.[CH-]=O.[CH-]=O.[Re].c1cnc2c(c1)ccc1cccnc12. The Kier molecular flexibility index (Phi) is 14.9. The van der Waals surface area contributed by atoms with Gasteiger partial charge in [-0.3, -0.25) is 40.8 Å². The molecule has 0 amide bonds. The summed E-state index contributed by atoms with van der Waals surface area (Å²) in [5.74, 6) is 3.04. The van der Waals surface area contributed by atoms with Crippen LogP contribution in [0.5, 0.6) is 0 Å². The summed E-state index contributed by atoms with van der Waals surface area (Å²) < 4.78 is 0. The monoisotopic (exact) mass is 623 g/mol. The molecule has 3 aromatic heterocycles. The Morgan fingerprint density at radius 2 is 1.24 bits per heavy atom. The first-order chi connectivity index (χ1) is 16.3. The molecular weight excluding hydrogens is 607 g/mol. The second kappa shape index (κ2) is 17.2. The van der Waals surface area contributed by atoms with Crippen LogP contribution < -0.4 is 5.21 Å². The topological polar surface area (TPSA) is 130 Å². The molecule has 171 valence electrons. The van der Waals surface area contributed by atoms with Gasteiger partial charge in [-0.1, -0.05) is 42.3 Å². The maximum absolute atomic E-state index is 7.75. The molecule has 0 fully saturated rings. The summed E-state index contributed by atoms with van der Waals surface area (Å²) in [6.45, 7) is 9.75. The molecule has 0 bridgehead atoms. The van der Waals surface area contributed by atoms with Crippen LogP contribution in [0.3, 0.4) is 0 Å². The van der Waals surface area contributed by atoms with Crippen LogP contribution in [-0.2, 0) is 34.8 Å². The zero-order valence-corrected chi connectivity index (χ0v) is 20.2. The molecule has 5 aromatic rings. The summed E-state index contributed by atoms with van der Waals surface area (Å²) in [6.07, 6.45) is 8.82. The maximum Gasteiger partial charge on any atom is 0.0964 e. The maximum atomic E-state index is 7.75. The van der Waals surface area contributed by atoms with Gasteiger partial charge in [0.1, 0.15) is 0 Å². The molecule has 0 aliphatic carbocycles. The Morgan fingerprint density at radius 3 is 1.65 bits per heavy atom. The van der Waals surface area contributed by atoms with Crippen molar-refractivity contribution in [2.45, 2.75) is 0 Å². The molecule has 0 aliphatic heterocycles. The van der Waals surface area contributed by atoms with Crippen molar-refractivity contribution < 1.29 is 34.8 Å². The minimum Gasteiger partial charge on any atom is -0.545 e. The molecule has 0 aliphatic rings. The van der Waals surface area contributed by atoms with Gasteiger partial charge in [-0.2, -0.15) is 0 Å². The van der Waals surface area contributed by atoms with Gasteiger partial charge in [0.2, 0.25) is 0 Å². The fourth-order valence-corrected chi connectivity index (χ4v) is 2.66. The number of pyridine rings is 2. The van der Waals surface area contributed by atoms with E-state index in [9.17, 15) is 0 Å². The van der Waals surface area contributed by atoms with Crippen LogP contribution in [0.4, 0.5) is 0 Å². The Bertz CT molecular complexity index is 1230.